The summed E-state index contributed by atoms with van der Waals surface area (Å²) in [4.78, 5) is 2.48. The predicted octanol–water partition coefficient (Wildman–Crippen LogP) is 1.24. The summed E-state index contributed by atoms with van der Waals surface area (Å²) in [5, 5.41) is 3.64. The van der Waals surface area contributed by atoms with Crippen molar-refractivity contribution in [2.45, 2.75) is 44.8 Å². The van der Waals surface area contributed by atoms with E-state index in [9.17, 15) is 0 Å². The number of hydrogen-bond donors (Lipinski definition) is 1. The monoisotopic (exact) mass is 212 g/mol. The number of morpholine rings is 1. The Balaban J connectivity index is 1.65. The van der Waals surface area contributed by atoms with Crippen molar-refractivity contribution in [2.75, 3.05) is 32.8 Å². The quantitative estimate of drug-likeness (QED) is 0.759. The zero-order valence-electron chi connectivity index (χ0n) is 9.87. The van der Waals surface area contributed by atoms with E-state index in [4.69, 9.17) is 4.74 Å². The molecule has 1 atom stereocenters. The topological polar surface area (TPSA) is 24.5 Å². The first-order valence-corrected chi connectivity index (χ1v) is 6.46. The van der Waals surface area contributed by atoms with Gasteiger partial charge in [-0.15, -0.1) is 0 Å². The van der Waals surface area contributed by atoms with Crippen LogP contribution in [0.2, 0.25) is 0 Å². The molecule has 88 valence electrons. The van der Waals surface area contributed by atoms with Crippen molar-refractivity contribution in [3.05, 3.63) is 0 Å². The molecule has 3 nitrogen and oxygen atoms in total. The van der Waals surface area contributed by atoms with Crippen molar-refractivity contribution < 1.29 is 4.74 Å². The predicted molar refractivity (Wildman–Crippen MR) is 62.1 cm³/mol. The second-order valence-electron chi connectivity index (χ2n) is 4.78. The van der Waals surface area contributed by atoms with Gasteiger partial charge in [0.25, 0.3) is 0 Å². The third-order valence-electron chi connectivity index (χ3n) is 3.66. The number of rotatable bonds is 4. The van der Waals surface area contributed by atoms with Crippen LogP contribution in [0.3, 0.4) is 0 Å². The summed E-state index contributed by atoms with van der Waals surface area (Å²) >= 11 is 0. The lowest BCUT2D eigenvalue weighted by molar-refractivity contribution is -0.0262. The molecule has 3 heteroatoms. The Kier molecular flexibility index (Phi) is 4.42. The molecule has 1 saturated carbocycles. The number of ether oxygens (including phenoxy) is 1. The lowest BCUT2D eigenvalue weighted by Gasteiger charge is -2.32. The molecule has 0 aromatic carbocycles. The molecule has 2 rings (SSSR count). The van der Waals surface area contributed by atoms with Gasteiger partial charge in [0.05, 0.1) is 12.7 Å². The average molecular weight is 212 g/mol. The van der Waals surface area contributed by atoms with E-state index in [-0.39, 0.29) is 0 Å². The molecule has 1 saturated heterocycles. The smallest absolute Gasteiger partial charge is 0.0826 e. The normalized spacial score (nSPS) is 29.8. The van der Waals surface area contributed by atoms with Gasteiger partial charge in [0.15, 0.2) is 0 Å². The number of hydrogen-bond acceptors (Lipinski definition) is 3. The van der Waals surface area contributed by atoms with Gasteiger partial charge >= 0.3 is 0 Å². The first-order chi connectivity index (χ1) is 7.38. The highest BCUT2D eigenvalue weighted by Gasteiger charge is 2.21. The van der Waals surface area contributed by atoms with Gasteiger partial charge in [-0.1, -0.05) is 19.8 Å². The highest BCUT2D eigenvalue weighted by atomic mass is 16.5. The second kappa shape index (κ2) is 5.83. The SMILES string of the molecule is CCN1CCO[C@H](CNC2CCCC2)C1. The third-order valence-corrected chi connectivity index (χ3v) is 3.66. The molecular weight excluding hydrogens is 188 g/mol. The van der Waals surface area contributed by atoms with Crippen LogP contribution in [-0.4, -0.2) is 49.8 Å². The van der Waals surface area contributed by atoms with Crippen LogP contribution in [-0.2, 0) is 4.74 Å². The van der Waals surface area contributed by atoms with E-state index in [0.29, 0.717) is 6.10 Å². The van der Waals surface area contributed by atoms with E-state index in [0.717, 1.165) is 38.8 Å². The van der Waals surface area contributed by atoms with Crippen molar-refractivity contribution in [3.8, 4) is 0 Å². The molecule has 2 fully saturated rings. The summed E-state index contributed by atoms with van der Waals surface area (Å²) in [5.41, 5.74) is 0. The van der Waals surface area contributed by atoms with Crippen molar-refractivity contribution in [3.63, 3.8) is 0 Å². The molecule has 0 bridgehead atoms. The maximum absolute atomic E-state index is 5.77. The lowest BCUT2D eigenvalue weighted by atomic mass is 10.2. The minimum absolute atomic E-state index is 0.416. The van der Waals surface area contributed by atoms with Gasteiger partial charge in [-0.25, -0.2) is 0 Å². The fourth-order valence-electron chi connectivity index (χ4n) is 2.62. The first kappa shape index (κ1) is 11.4. The van der Waals surface area contributed by atoms with Crippen LogP contribution in [0, 0.1) is 0 Å². The summed E-state index contributed by atoms with van der Waals surface area (Å²) in [6, 6.07) is 0.769. The van der Waals surface area contributed by atoms with E-state index in [1.165, 1.54) is 25.7 Å². The van der Waals surface area contributed by atoms with Gasteiger partial charge < -0.3 is 10.1 Å². The van der Waals surface area contributed by atoms with Crippen molar-refractivity contribution in [1.82, 2.24) is 10.2 Å². The summed E-state index contributed by atoms with van der Waals surface area (Å²) in [5.74, 6) is 0. The van der Waals surface area contributed by atoms with E-state index in [1.807, 2.05) is 0 Å². The van der Waals surface area contributed by atoms with Crippen LogP contribution in [0.25, 0.3) is 0 Å². The van der Waals surface area contributed by atoms with Crippen LogP contribution < -0.4 is 5.32 Å². The number of likely N-dealkylation sites (N-methyl/N-ethyl adjacent to an activating group) is 1. The number of nitrogens with one attached hydrogen (secondary N) is 1. The van der Waals surface area contributed by atoms with Gasteiger partial charge in [0.1, 0.15) is 0 Å². The van der Waals surface area contributed by atoms with E-state index in [1.54, 1.807) is 0 Å². The Labute approximate surface area is 93.2 Å². The van der Waals surface area contributed by atoms with E-state index in [2.05, 4.69) is 17.1 Å². The Hall–Kier alpha value is -0.120. The van der Waals surface area contributed by atoms with Crippen LogP contribution in [0.5, 0.6) is 0 Å². The lowest BCUT2D eigenvalue weighted by Crippen LogP contribution is -2.47. The molecule has 0 spiro atoms. The molecule has 0 amide bonds. The zero-order chi connectivity index (χ0) is 10.5. The fraction of sp³-hybridized carbons (Fsp3) is 1.00. The molecule has 1 N–H and O–H groups in total. The Morgan fingerprint density at radius 1 is 1.33 bits per heavy atom. The Morgan fingerprint density at radius 3 is 2.87 bits per heavy atom. The van der Waals surface area contributed by atoms with Crippen molar-refractivity contribution in [1.29, 1.82) is 0 Å². The Morgan fingerprint density at radius 2 is 2.13 bits per heavy atom. The molecule has 1 heterocycles. The molecule has 0 unspecified atom stereocenters. The van der Waals surface area contributed by atoms with Gasteiger partial charge in [0.2, 0.25) is 0 Å². The van der Waals surface area contributed by atoms with Gasteiger partial charge in [-0.2, -0.15) is 0 Å². The zero-order valence-corrected chi connectivity index (χ0v) is 9.87. The van der Waals surface area contributed by atoms with Crippen molar-refractivity contribution >= 4 is 0 Å². The van der Waals surface area contributed by atoms with Gasteiger partial charge in [-0.3, -0.25) is 4.90 Å². The summed E-state index contributed by atoms with van der Waals surface area (Å²) in [6.07, 6.45) is 5.96. The van der Waals surface area contributed by atoms with Gasteiger partial charge in [-0.05, 0) is 19.4 Å². The third kappa shape index (κ3) is 3.44. The van der Waals surface area contributed by atoms with Crippen molar-refractivity contribution in [2.24, 2.45) is 0 Å². The highest BCUT2D eigenvalue weighted by Crippen LogP contribution is 2.17. The van der Waals surface area contributed by atoms with Crippen LogP contribution in [0.1, 0.15) is 32.6 Å². The minimum Gasteiger partial charge on any atom is -0.374 e. The first-order valence-electron chi connectivity index (χ1n) is 6.46. The standard InChI is InChI=1S/C12H24N2O/c1-2-14-7-8-15-12(10-14)9-13-11-5-3-4-6-11/h11-13H,2-10H2,1H3/t12-/m1/s1. The molecule has 1 aliphatic carbocycles. The molecule has 0 aromatic rings. The number of nitrogens with zero attached hydrogens (tertiary/aromatic N) is 1. The average Bonchev–Trinajstić information content (AvgIpc) is 2.79. The molecule has 1 aliphatic heterocycles. The Bertz CT molecular complexity index is 180. The van der Waals surface area contributed by atoms with Crippen LogP contribution >= 0.6 is 0 Å². The maximum Gasteiger partial charge on any atom is 0.0826 e. The fourth-order valence-corrected chi connectivity index (χ4v) is 2.62. The van der Waals surface area contributed by atoms with E-state index < -0.39 is 0 Å². The molecule has 0 radical (unpaired) electrons. The van der Waals surface area contributed by atoms with Crippen LogP contribution in [0.15, 0.2) is 0 Å². The summed E-state index contributed by atoms with van der Waals surface area (Å²) in [7, 11) is 0. The highest BCUT2D eigenvalue weighted by molar-refractivity contribution is 4.78. The molecule has 15 heavy (non-hydrogen) atoms. The summed E-state index contributed by atoms with van der Waals surface area (Å²) < 4.78 is 5.77. The van der Waals surface area contributed by atoms with E-state index >= 15 is 0 Å². The molecular formula is C12H24N2O. The maximum atomic E-state index is 5.77. The second-order valence-corrected chi connectivity index (χ2v) is 4.78. The minimum atomic E-state index is 0.416. The molecule has 2 aliphatic rings. The largest absolute Gasteiger partial charge is 0.374 e. The summed E-state index contributed by atoms with van der Waals surface area (Å²) in [6.45, 7) is 7.55. The molecule has 0 aromatic heterocycles. The van der Waals surface area contributed by atoms with Gasteiger partial charge in [0, 0.05) is 25.7 Å². The van der Waals surface area contributed by atoms with Crippen LogP contribution in [0.4, 0.5) is 0 Å².